The summed E-state index contributed by atoms with van der Waals surface area (Å²) in [7, 11) is 1.99. The Balaban J connectivity index is 1.87. The topological polar surface area (TPSA) is 71.0 Å². The molecule has 0 amide bonds. The van der Waals surface area contributed by atoms with E-state index in [1.165, 1.54) is 0 Å². The van der Waals surface area contributed by atoms with Gasteiger partial charge in [0.15, 0.2) is 6.29 Å². The summed E-state index contributed by atoms with van der Waals surface area (Å²) in [5.74, 6) is 0.567. The fourth-order valence-corrected chi connectivity index (χ4v) is 2.88. The molecule has 2 heterocycles. The molecule has 0 spiro atoms. The largest absolute Gasteiger partial charge is 0.365 e. The Bertz CT molecular complexity index is 960. The van der Waals surface area contributed by atoms with Gasteiger partial charge in [0.05, 0.1) is 5.52 Å². The zero-order valence-electron chi connectivity index (χ0n) is 15.6. The molecule has 0 aliphatic carbocycles. The van der Waals surface area contributed by atoms with Crippen LogP contribution in [0.15, 0.2) is 36.5 Å². The smallest absolute Gasteiger partial charge is 0.225 e. The molecule has 0 fully saturated rings. The number of carbonyl (C=O) groups is 1. The number of hydrogen-bond donors (Lipinski definition) is 1. The molecule has 0 saturated heterocycles. The van der Waals surface area contributed by atoms with Crippen LogP contribution < -0.4 is 5.32 Å². The molecule has 3 rings (SSSR count). The van der Waals surface area contributed by atoms with Gasteiger partial charge in [-0.05, 0) is 50.2 Å². The minimum atomic E-state index is 0.0483. The van der Waals surface area contributed by atoms with Crippen molar-refractivity contribution >= 4 is 34.6 Å². The Morgan fingerprint density at radius 2 is 2.04 bits per heavy atom. The first-order valence-electron chi connectivity index (χ1n) is 8.77. The minimum absolute atomic E-state index is 0.0483. The summed E-state index contributed by atoms with van der Waals surface area (Å²) in [6.45, 7) is 5.24. The minimum Gasteiger partial charge on any atom is -0.365 e. The molecule has 0 radical (unpaired) electrons. The number of anilines is 1. The van der Waals surface area contributed by atoms with E-state index < -0.39 is 0 Å². The van der Waals surface area contributed by atoms with Crippen molar-refractivity contribution in [3.63, 3.8) is 0 Å². The summed E-state index contributed by atoms with van der Waals surface area (Å²) in [5.41, 5.74) is 3.01. The van der Waals surface area contributed by atoms with Crippen molar-refractivity contribution in [3.8, 4) is 0 Å². The molecule has 6 nitrogen and oxygen atoms in total. The molecule has 0 bridgehead atoms. The fourth-order valence-electron chi connectivity index (χ4n) is 2.70. The molecule has 140 valence electrons. The lowest BCUT2D eigenvalue weighted by Gasteiger charge is -2.23. The van der Waals surface area contributed by atoms with Crippen molar-refractivity contribution in [1.82, 2.24) is 19.9 Å². The molecule has 3 aromatic rings. The number of para-hydroxylation sites is 1. The number of fused-ring (bicyclic) bond motifs is 1. The predicted molar refractivity (Wildman–Crippen MR) is 108 cm³/mol. The highest BCUT2D eigenvalue weighted by Gasteiger charge is 2.16. The van der Waals surface area contributed by atoms with Gasteiger partial charge in [0.25, 0.3) is 0 Å². The summed E-state index contributed by atoms with van der Waals surface area (Å²) >= 11 is 6.01. The number of carbonyl (C=O) groups excluding carboxylic acids is 1. The van der Waals surface area contributed by atoms with Gasteiger partial charge in [0.1, 0.15) is 11.5 Å². The molecule has 0 atom stereocenters. The van der Waals surface area contributed by atoms with E-state index in [1.54, 1.807) is 0 Å². The average molecular weight is 384 g/mol. The van der Waals surface area contributed by atoms with Gasteiger partial charge >= 0.3 is 0 Å². The van der Waals surface area contributed by atoms with Crippen molar-refractivity contribution < 1.29 is 4.79 Å². The van der Waals surface area contributed by atoms with Gasteiger partial charge in [-0.1, -0.05) is 18.2 Å². The van der Waals surface area contributed by atoms with Crippen LogP contribution in [0.2, 0.25) is 5.28 Å². The normalized spacial score (nSPS) is 11.3. The number of halogens is 1. The lowest BCUT2D eigenvalue weighted by Crippen LogP contribution is -2.27. The molecule has 2 aromatic heterocycles. The number of nitrogens with one attached hydrogen (secondary N) is 1. The lowest BCUT2D eigenvalue weighted by molar-refractivity contribution is 0.111. The second-order valence-corrected chi connectivity index (χ2v) is 7.06. The lowest BCUT2D eigenvalue weighted by atomic mass is 10.1. The van der Waals surface area contributed by atoms with Gasteiger partial charge in [-0.3, -0.25) is 14.7 Å². The van der Waals surface area contributed by atoms with Crippen molar-refractivity contribution in [3.05, 3.63) is 58.6 Å². The summed E-state index contributed by atoms with van der Waals surface area (Å²) in [6.07, 6.45) is 2.55. The van der Waals surface area contributed by atoms with E-state index in [-0.39, 0.29) is 5.28 Å². The third-order valence-electron chi connectivity index (χ3n) is 4.52. The Hall–Kier alpha value is -2.57. The third kappa shape index (κ3) is 4.59. The van der Waals surface area contributed by atoms with Crippen molar-refractivity contribution in [2.75, 3.05) is 12.4 Å². The maximum absolute atomic E-state index is 11.5. The van der Waals surface area contributed by atoms with Gasteiger partial charge in [-0.25, -0.2) is 9.97 Å². The van der Waals surface area contributed by atoms with E-state index in [1.807, 2.05) is 37.5 Å². The third-order valence-corrected chi connectivity index (χ3v) is 4.69. The van der Waals surface area contributed by atoms with E-state index in [0.29, 0.717) is 30.6 Å². The SMILES string of the molecule is CC(C)N(C)Cc1c(C=O)nc(Cl)nc1NCc1cnc2ccccc2c1. The van der Waals surface area contributed by atoms with E-state index in [9.17, 15) is 4.79 Å². The molecule has 7 heteroatoms. The quantitative estimate of drug-likeness (QED) is 0.492. The number of hydrogen-bond acceptors (Lipinski definition) is 6. The van der Waals surface area contributed by atoms with E-state index in [4.69, 9.17) is 11.6 Å². The van der Waals surface area contributed by atoms with Crippen LogP contribution in [0, 0.1) is 0 Å². The van der Waals surface area contributed by atoms with Gasteiger partial charge < -0.3 is 5.32 Å². The zero-order valence-corrected chi connectivity index (χ0v) is 16.4. The number of aldehydes is 1. The summed E-state index contributed by atoms with van der Waals surface area (Å²) < 4.78 is 0. The van der Waals surface area contributed by atoms with Gasteiger partial charge in [-0.15, -0.1) is 0 Å². The van der Waals surface area contributed by atoms with E-state index >= 15 is 0 Å². The van der Waals surface area contributed by atoms with Crippen LogP contribution in [-0.4, -0.2) is 39.2 Å². The molecule has 27 heavy (non-hydrogen) atoms. The molecule has 0 aliphatic rings. The molecule has 0 unspecified atom stereocenters. The Labute approximate surface area is 163 Å². The van der Waals surface area contributed by atoms with Crippen molar-refractivity contribution in [1.29, 1.82) is 0 Å². The second kappa shape index (κ2) is 8.41. The molecule has 1 aromatic carbocycles. The van der Waals surface area contributed by atoms with Crippen LogP contribution in [0.1, 0.15) is 35.5 Å². The van der Waals surface area contributed by atoms with Gasteiger partial charge in [-0.2, -0.15) is 0 Å². The Morgan fingerprint density at radius 1 is 1.26 bits per heavy atom. The predicted octanol–water partition coefficient (Wildman–Crippen LogP) is 3.94. The average Bonchev–Trinajstić information content (AvgIpc) is 2.67. The first kappa shape index (κ1) is 19.2. The maximum atomic E-state index is 11.5. The summed E-state index contributed by atoms with van der Waals surface area (Å²) in [6, 6.07) is 10.4. The molecule has 0 saturated carbocycles. The molecular weight excluding hydrogens is 362 g/mol. The summed E-state index contributed by atoms with van der Waals surface area (Å²) in [5, 5.41) is 4.42. The van der Waals surface area contributed by atoms with Crippen LogP contribution in [0.4, 0.5) is 5.82 Å². The number of rotatable bonds is 7. The number of nitrogens with zero attached hydrogens (tertiary/aromatic N) is 4. The van der Waals surface area contributed by atoms with Crippen LogP contribution in [-0.2, 0) is 13.1 Å². The fraction of sp³-hybridized carbons (Fsp3) is 0.300. The number of pyridine rings is 1. The molecular formula is C20H22ClN5O. The van der Waals surface area contributed by atoms with Gasteiger partial charge in [0.2, 0.25) is 5.28 Å². The second-order valence-electron chi connectivity index (χ2n) is 6.72. The first-order valence-corrected chi connectivity index (χ1v) is 9.15. The molecule has 0 aliphatic heterocycles. The van der Waals surface area contributed by atoms with Crippen LogP contribution in [0.3, 0.4) is 0 Å². The van der Waals surface area contributed by atoms with E-state index in [0.717, 1.165) is 28.3 Å². The Kier molecular flexibility index (Phi) is 5.98. The highest BCUT2D eigenvalue weighted by molar-refractivity contribution is 6.28. The van der Waals surface area contributed by atoms with Crippen molar-refractivity contribution in [2.24, 2.45) is 0 Å². The van der Waals surface area contributed by atoms with Gasteiger partial charge in [0, 0.05) is 36.3 Å². The van der Waals surface area contributed by atoms with Crippen molar-refractivity contribution in [2.45, 2.75) is 33.0 Å². The number of benzene rings is 1. The van der Waals surface area contributed by atoms with Crippen LogP contribution in [0.5, 0.6) is 0 Å². The Morgan fingerprint density at radius 3 is 2.78 bits per heavy atom. The monoisotopic (exact) mass is 383 g/mol. The molecule has 1 N–H and O–H groups in total. The van der Waals surface area contributed by atoms with E-state index in [2.05, 4.69) is 45.1 Å². The zero-order chi connectivity index (χ0) is 19.4. The summed E-state index contributed by atoms with van der Waals surface area (Å²) in [4.78, 5) is 26.5. The van der Waals surface area contributed by atoms with Crippen LogP contribution >= 0.6 is 11.6 Å². The standard InChI is InChI=1S/C20H22ClN5O/c1-13(2)26(3)11-16-18(12-27)24-20(21)25-19(16)23-10-14-8-15-6-4-5-7-17(15)22-9-14/h4-9,12-13H,10-11H2,1-3H3,(H,23,24,25). The maximum Gasteiger partial charge on any atom is 0.225 e. The highest BCUT2D eigenvalue weighted by atomic mass is 35.5. The highest BCUT2D eigenvalue weighted by Crippen LogP contribution is 2.22. The van der Waals surface area contributed by atoms with Crippen LogP contribution in [0.25, 0.3) is 10.9 Å². The number of aromatic nitrogens is 3. The first-order chi connectivity index (χ1) is 13.0.